The third kappa shape index (κ3) is 4.68. The highest BCUT2D eigenvalue weighted by molar-refractivity contribution is 7.98. The number of hydrogen-bond acceptors (Lipinski definition) is 3. The summed E-state index contributed by atoms with van der Waals surface area (Å²) in [4.78, 5) is 15.1. The summed E-state index contributed by atoms with van der Waals surface area (Å²) >= 11 is 1.66. The van der Waals surface area contributed by atoms with Crippen LogP contribution < -0.4 is 10.6 Å². The molecule has 1 aromatic carbocycles. The number of aliphatic hydroxyl groups excluding tert-OH is 1. The summed E-state index contributed by atoms with van der Waals surface area (Å²) in [6.07, 6.45) is 5.34. The third-order valence-electron chi connectivity index (χ3n) is 3.54. The number of hydrogen-bond donors (Lipinski definition) is 4. The molecule has 0 aliphatic rings. The molecule has 0 spiro atoms. The zero-order chi connectivity index (χ0) is 15.8. The Hall–Kier alpha value is -1.66. The molecule has 0 fully saturated rings. The molecule has 2 aromatic rings. The van der Waals surface area contributed by atoms with Crippen LogP contribution in [-0.4, -0.2) is 47.3 Å². The molecule has 1 atom stereocenters. The van der Waals surface area contributed by atoms with E-state index in [4.69, 9.17) is 5.11 Å². The maximum absolute atomic E-state index is 11.9. The van der Waals surface area contributed by atoms with Gasteiger partial charge in [0.05, 0.1) is 0 Å². The van der Waals surface area contributed by atoms with E-state index in [0.29, 0.717) is 13.0 Å². The van der Waals surface area contributed by atoms with Gasteiger partial charge in [-0.2, -0.15) is 11.8 Å². The van der Waals surface area contributed by atoms with Gasteiger partial charge in [-0.3, -0.25) is 0 Å². The number of nitrogens with one attached hydrogen (secondary N) is 3. The summed E-state index contributed by atoms with van der Waals surface area (Å²) in [6, 6.07) is 7.97. The monoisotopic (exact) mass is 321 g/mol. The number of carbonyl (C=O) groups excluding carboxylic acids is 1. The number of fused-ring (bicyclic) bond motifs is 1. The Kier molecular flexibility index (Phi) is 6.61. The number of benzene rings is 1. The second-order valence-electron chi connectivity index (χ2n) is 5.17. The van der Waals surface area contributed by atoms with Gasteiger partial charge in [0.25, 0.3) is 0 Å². The summed E-state index contributed by atoms with van der Waals surface area (Å²) in [7, 11) is 0. The zero-order valence-corrected chi connectivity index (χ0v) is 13.6. The van der Waals surface area contributed by atoms with E-state index in [1.165, 1.54) is 10.9 Å². The molecule has 0 aliphatic heterocycles. The van der Waals surface area contributed by atoms with Crippen molar-refractivity contribution >= 4 is 28.7 Å². The number of amides is 2. The van der Waals surface area contributed by atoms with Crippen molar-refractivity contribution < 1.29 is 9.90 Å². The Labute approximate surface area is 134 Å². The van der Waals surface area contributed by atoms with Crippen molar-refractivity contribution in [2.45, 2.75) is 18.9 Å². The smallest absolute Gasteiger partial charge is 0.315 e. The van der Waals surface area contributed by atoms with Gasteiger partial charge in [-0.25, -0.2) is 4.79 Å². The molecule has 0 radical (unpaired) electrons. The second kappa shape index (κ2) is 8.70. The number of aromatic nitrogens is 1. The Bertz CT molecular complexity index is 594. The number of urea groups is 1. The van der Waals surface area contributed by atoms with Crippen molar-refractivity contribution in [3.05, 3.63) is 36.0 Å². The first-order chi connectivity index (χ1) is 10.7. The van der Waals surface area contributed by atoms with E-state index in [1.807, 2.05) is 30.7 Å². The molecule has 2 amide bonds. The van der Waals surface area contributed by atoms with Crippen LogP contribution in [0.4, 0.5) is 4.79 Å². The van der Waals surface area contributed by atoms with E-state index in [0.717, 1.165) is 17.7 Å². The molecule has 22 heavy (non-hydrogen) atoms. The molecule has 0 aliphatic carbocycles. The van der Waals surface area contributed by atoms with Crippen LogP contribution in [0.1, 0.15) is 12.0 Å². The van der Waals surface area contributed by atoms with Crippen LogP contribution in [0.2, 0.25) is 0 Å². The van der Waals surface area contributed by atoms with Gasteiger partial charge in [-0.05, 0) is 30.7 Å². The molecule has 0 saturated carbocycles. The highest BCUT2D eigenvalue weighted by Gasteiger charge is 2.11. The van der Waals surface area contributed by atoms with Gasteiger partial charge >= 0.3 is 6.03 Å². The molecule has 1 heterocycles. The Morgan fingerprint density at radius 3 is 3.00 bits per heavy atom. The Balaban J connectivity index is 1.79. The fourth-order valence-electron chi connectivity index (χ4n) is 2.44. The average molecular weight is 321 g/mol. The standard InChI is InChI=1S/C16H23N3O2S/c1-22-11-13(7-9-20)19-16(21)17-8-6-12-10-18-15-5-3-2-4-14(12)15/h2-5,10,13,18,20H,6-9,11H2,1H3,(H2,17,19,21). The fourth-order valence-corrected chi connectivity index (χ4v) is 3.09. The molecule has 4 N–H and O–H groups in total. The topological polar surface area (TPSA) is 77.2 Å². The SMILES string of the molecule is CSCC(CCO)NC(=O)NCCc1c[nH]c2ccccc12. The maximum Gasteiger partial charge on any atom is 0.315 e. The number of aliphatic hydroxyl groups is 1. The number of H-pyrrole nitrogens is 1. The van der Waals surface area contributed by atoms with Crippen molar-refractivity contribution in [2.75, 3.05) is 25.2 Å². The van der Waals surface area contributed by atoms with E-state index in [2.05, 4.69) is 21.7 Å². The largest absolute Gasteiger partial charge is 0.396 e. The van der Waals surface area contributed by atoms with Crippen LogP contribution in [-0.2, 0) is 6.42 Å². The minimum absolute atomic E-state index is 0.00749. The molecule has 0 bridgehead atoms. The molecule has 1 unspecified atom stereocenters. The van der Waals surface area contributed by atoms with Crippen LogP contribution in [0.5, 0.6) is 0 Å². The maximum atomic E-state index is 11.9. The lowest BCUT2D eigenvalue weighted by Gasteiger charge is -2.17. The van der Waals surface area contributed by atoms with Crippen LogP contribution in [0, 0.1) is 0 Å². The lowest BCUT2D eigenvalue weighted by atomic mass is 10.1. The quantitative estimate of drug-likeness (QED) is 0.601. The zero-order valence-electron chi connectivity index (χ0n) is 12.8. The van der Waals surface area contributed by atoms with Gasteiger partial charge in [0.1, 0.15) is 0 Å². The Morgan fingerprint density at radius 1 is 1.41 bits per heavy atom. The molecule has 6 heteroatoms. The van der Waals surface area contributed by atoms with E-state index in [9.17, 15) is 4.79 Å². The third-order valence-corrected chi connectivity index (χ3v) is 4.27. The van der Waals surface area contributed by atoms with Crippen molar-refractivity contribution in [1.29, 1.82) is 0 Å². The highest BCUT2D eigenvalue weighted by atomic mass is 32.2. The van der Waals surface area contributed by atoms with Crippen LogP contribution >= 0.6 is 11.8 Å². The molecular weight excluding hydrogens is 298 g/mol. The predicted molar refractivity (Wildman–Crippen MR) is 92.4 cm³/mol. The van der Waals surface area contributed by atoms with Crippen LogP contribution in [0.25, 0.3) is 10.9 Å². The summed E-state index contributed by atoms with van der Waals surface area (Å²) in [5.41, 5.74) is 2.32. The van der Waals surface area contributed by atoms with Gasteiger partial charge in [0.15, 0.2) is 0 Å². The van der Waals surface area contributed by atoms with Crippen LogP contribution in [0.15, 0.2) is 30.5 Å². The summed E-state index contributed by atoms with van der Waals surface area (Å²) in [5.74, 6) is 0.802. The van der Waals surface area contributed by atoms with Crippen LogP contribution in [0.3, 0.4) is 0 Å². The second-order valence-corrected chi connectivity index (χ2v) is 6.08. The normalized spacial score (nSPS) is 12.3. The Morgan fingerprint density at radius 2 is 2.23 bits per heavy atom. The minimum Gasteiger partial charge on any atom is -0.396 e. The molecule has 0 saturated heterocycles. The van der Waals surface area contributed by atoms with E-state index in [1.54, 1.807) is 11.8 Å². The number of rotatable bonds is 8. The van der Waals surface area contributed by atoms with Gasteiger partial charge < -0.3 is 20.7 Å². The van der Waals surface area contributed by atoms with Gasteiger partial charge in [-0.15, -0.1) is 0 Å². The first kappa shape index (κ1) is 16.7. The van der Waals surface area contributed by atoms with E-state index in [-0.39, 0.29) is 18.7 Å². The van der Waals surface area contributed by atoms with Crippen molar-refractivity contribution in [3.63, 3.8) is 0 Å². The minimum atomic E-state index is -0.174. The number of carbonyl (C=O) groups is 1. The predicted octanol–water partition coefficient (Wildman–Crippen LogP) is 2.12. The number of thioether (sulfide) groups is 1. The van der Waals surface area contributed by atoms with E-state index >= 15 is 0 Å². The summed E-state index contributed by atoms with van der Waals surface area (Å²) in [6.45, 7) is 0.666. The lowest BCUT2D eigenvalue weighted by Crippen LogP contribution is -2.44. The number of para-hydroxylation sites is 1. The first-order valence-electron chi connectivity index (χ1n) is 7.43. The summed E-state index contributed by atoms with van der Waals surface area (Å²) < 4.78 is 0. The number of aromatic amines is 1. The fraction of sp³-hybridized carbons (Fsp3) is 0.438. The van der Waals surface area contributed by atoms with Gasteiger partial charge in [-0.1, -0.05) is 18.2 Å². The van der Waals surface area contributed by atoms with Gasteiger partial charge in [0, 0.05) is 42.0 Å². The summed E-state index contributed by atoms with van der Waals surface area (Å²) in [5, 5.41) is 16.0. The lowest BCUT2D eigenvalue weighted by molar-refractivity contribution is 0.231. The first-order valence-corrected chi connectivity index (χ1v) is 8.83. The van der Waals surface area contributed by atoms with Crippen molar-refractivity contribution in [3.8, 4) is 0 Å². The molecule has 120 valence electrons. The average Bonchev–Trinajstić information content (AvgIpc) is 2.91. The molecule has 1 aromatic heterocycles. The molecular formula is C16H23N3O2S. The van der Waals surface area contributed by atoms with Gasteiger partial charge in [0.2, 0.25) is 0 Å². The highest BCUT2D eigenvalue weighted by Crippen LogP contribution is 2.17. The van der Waals surface area contributed by atoms with Crippen molar-refractivity contribution in [2.24, 2.45) is 0 Å². The molecule has 2 rings (SSSR count). The van der Waals surface area contributed by atoms with E-state index < -0.39 is 0 Å². The van der Waals surface area contributed by atoms with Crippen molar-refractivity contribution in [1.82, 2.24) is 15.6 Å². The molecule has 5 nitrogen and oxygen atoms in total.